The highest BCUT2D eigenvalue weighted by Gasteiger charge is 2.35. The summed E-state index contributed by atoms with van der Waals surface area (Å²) in [6.07, 6.45) is 1.63. The highest BCUT2D eigenvalue weighted by Crippen LogP contribution is 2.27. The van der Waals surface area contributed by atoms with Gasteiger partial charge in [0, 0.05) is 27.7 Å². The zero-order valence-corrected chi connectivity index (χ0v) is 16.9. The molecule has 1 aliphatic heterocycles. The normalized spacial score (nSPS) is 17.1. The number of Topliss-reactive ketones (excluding diaryl/α,β-unsaturated/α-hetero) is 1. The molecule has 0 bridgehead atoms. The fourth-order valence-electron chi connectivity index (χ4n) is 2.77. The smallest absolute Gasteiger partial charge is 0.267 e. The van der Waals surface area contributed by atoms with Crippen molar-refractivity contribution in [3.8, 4) is 0 Å². The molecule has 1 saturated heterocycles. The lowest BCUT2D eigenvalue weighted by atomic mass is 10.0. The molecule has 1 amide bonds. The number of hydrogen-bond acceptors (Lipinski definition) is 5. The lowest BCUT2D eigenvalue weighted by Gasteiger charge is -2.20. The van der Waals surface area contributed by atoms with Gasteiger partial charge in [0.15, 0.2) is 5.78 Å². The van der Waals surface area contributed by atoms with Crippen LogP contribution in [0.25, 0.3) is 6.08 Å². The topological polar surface area (TPSA) is 97.5 Å². The van der Waals surface area contributed by atoms with Gasteiger partial charge < -0.3 is 5.73 Å². The van der Waals surface area contributed by atoms with E-state index in [2.05, 4.69) is 0 Å². The van der Waals surface area contributed by atoms with Crippen LogP contribution in [-0.2, 0) is 19.6 Å². The summed E-state index contributed by atoms with van der Waals surface area (Å²) < 4.78 is 26.5. The Kier molecular flexibility index (Phi) is 5.79. The molecular weight excluding hydrogens is 423 g/mol. The van der Waals surface area contributed by atoms with E-state index in [9.17, 15) is 18.0 Å². The van der Waals surface area contributed by atoms with Crippen LogP contribution in [0.15, 0.2) is 52.9 Å². The third kappa shape index (κ3) is 4.22. The molecule has 0 aliphatic carbocycles. The number of anilines is 1. The molecule has 9 heteroatoms. The van der Waals surface area contributed by atoms with Crippen LogP contribution >= 0.6 is 23.2 Å². The molecule has 1 heterocycles. The van der Waals surface area contributed by atoms with Gasteiger partial charge in [-0.25, -0.2) is 12.7 Å². The Morgan fingerprint density at radius 3 is 2.29 bits per heavy atom. The lowest BCUT2D eigenvalue weighted by Crippen LogP contribution is -2.39. The first-order valence-corrected chi connectivity index (χ1v) is 10.5. The summed E-state index contributed by atoms with van der Waals surface area (Å²) in [4.78, 5) is 25.0. The monoisotopic (exact) mass is 438 g/mol. The first-order valence-electron chi connectivity index (χ1n) is 8.28. The van der Waals surface area contributed by atoms with Gasteiger partial charge in [0.25, 0.3) is 15.9 Å². The molecular formula is C19H16Cl2N2O4S. The van der Waals surface area contributed by atoms with Crippen LogP contribution in [0.5, 0.6) is 0 Å². The quantitative estimate of drug-likeness (QED) is 0.583. The van der Waals surface area contributed by atoms with Crippen LogP contribution in [0.3, 0.4) is 0 Å². The molecule has 0 spiro atoms. The first kappa shape index (κ1) is 20.4. The summed E-state index contributed by atoms with van der Waals surface area (Å²) in [6.45, 7) is -0.522. The van der Waals surface area contributed by atoms with E-state index in [0.29, 0.717) is 25.6 Å². The van der Waals surface area contributed by atoms with E-state index < -0.39 is 22.5 Å². The number of halogens is 2. The van der Waals surface area contributed by atoms with E-state index in [4.69, 9.17) is 28.9 Å². The predicted molar refractivity (Wildman–Crippen MR) is 108 cm³/mol. The van der Waals surface area contributed by atoms with Crippen LogP contribution in [0.2, 0.25) is 10.0 Å². The molecule has 0 atom stereocenters. The minimum Gasteiger partial charge on any atom is -0.398 e. The summed E-state index contributed by atoms with van der Waals surface area (Å²) in [5, 5.41) is 0.776. The molecule has 0 radical (unpaired) electrons. The summed E-state index contributed by atoms with van der Waals surface area (Å²) >= 11 is 11.8. The molecule has 146 valence electrons. The van der Waals surface area contributed by atoms with Crippen LogP contribution in [0.1, 0.15) is 18.4 Å². The SMILES string of the molecule is Nc1ccc(Cl)cc1/C=C1\CCC(=O)CN(S(=O)(=O)c2ccc(Cl)cc2)C1=O. The second-order valence-electron chi connectivity index (χ2n) is 6.25. The number of ketones is 1. The Bertz CT molecular complexity index is 1080. The molecule has 6 nitrogen and oxygen atoms in total. The zero-order chi connectivity index (χ0) is 20.5. The van der Waals surface area contributed by atoms with Gasteiger partial charge in [-0.15, -0.1) is 0 Å². The highest BCUT2D eigenvalue weighted by atomic mass is 35.5. The van der Waals surface area contributed by atoms with Crippen molar-refractivity contribution in [3.05, 3.63) is 63.6 Å². The maximum Gasteiger partial charge on any atom is 0.267 e. The van der Waals surface area contributed by atoms with E-state index in [1.165, 1.54) is 30.3 Å². The molecule has 1 fully saturated rings. The molecule has 2 N–H and O–H groups in total. The average molecular weight is 439 g/mol. The minimum atomic E-state index is -4.22. The Labute approximate surface area is 172 Å². The minimum absolute atomic E-state index is 0.0463. The van der Waals surface area contributed by atoms with Crippen molar-refractivity contribution < 1.29 is 18.0 Å². The summed E-state index contributed by atoms with van der Waals surface area (Å²) in [5.74, 6) is -1.12. The van der Waals surface area contributed by atoms with Crippen molar-refractivity contribution >= 4 is 56.7 Å². The van der Waals surface area contributed by atoms with Gasteiger partial charge in [-0.2, -0.15) is 0 Å². The molecule has 28 heavy (non-hydrogen) atoms. The molecule has 0 unspecified atom stereocenters. The van der Waals surface area contributed by atoms with E-state index in [1.807, 2.05) is 0 Å². The van der Waals surface area contributed by atoms with Gasteiger partial charge in [0.2, 0.25) is 0 Å². The molecule has 3 rings (SSSR count). The number of nitrogens with zero attached hydrogens (tertiary/aromatic N) is 1. The van der Waals surface area contributed by atoms with Gasteiger partial charge in [0.05, 0.1) is 11.4 Å². The standard InChI is InChI=1S/C19H16Cl2N2O4S/c20-14-2-6-17(7-3-14)28(26,27)23-11-16(24)5-1-12(19(23)25)9-13-10-15(21)4-8-18(13)22/h2-4,6-10H,1,5,11,22H2/b12-9+. The fourth-order valence-corrected chi connectivity index (χ4v) is 4.46. The summed E-state index contributed by atoms with van der Waals surface area (Å²) in [5.41, 5.74) is 6.94. The molecule has 0 aromatic heterocycles. The number of amides is 1. The van der Waals surface area contributed by atoms with Crippen LogP contribution < -0.4 is 5.73 Å². The summed E-state index contributed by atoms with van der Waals surface area (Å²) in [7, 11) is -4.22. The van der Waals surface area contributed by atoms with Crippen molar-refractivity contribution in [1.29, 1.82) is 0 Å². The summed E-state index contributed by atoms with van der Waals surface area (Å²) in [6, 6.07) is 10.2. The van der Waals surface area contributed by atoms with E-state index >= 15 is 0 Å². The Morgan fingerprint density at radius 2 is 1.61 bits per heavy atom. The molecule has 1 aliphatic rings. The van der Waals surface area contributed by atoms with Crippen LogP contribution in [-0.4, -0.2) is 31.0 Å². The number of carbonyl (C=O) groups excluding carboxylic acids is 2. The van der Waals surface area contributed by atoms with Gasteiger partial charge in [0.1, 0.15) is 0 Å². The number of rotatable bonds is 3. The van der Waals surface area contributed by atoms with Crippen LogP contribution in [0, 0.1) is 0 Å². The number of sulfonamides is 1. The third-order valence-electron chi connectivity index (χ3n) is 4.27. The van der Waals surface area contributed by atoms with E-state index in [1.54, 1.807) is 18.2 Å². The molecule has 2 aromatic rings. The predicted octanol–water partition coefficient (Wildman–Crippen LogP) is 3.54. The number of carbonyl (C=O) groups is 2. The highest BCUT2D eigenvalue weighted by molar-refractivity contribution is 7.89. The second kappa shape index (κ2) is 7.95. The van der Waals surface area contributed by atoms with Crippen molar-refractivity contribution in [2.24, 2.45) is 0 Å². The van der Waals surface area contributed by atoms with Gasteiger partial charge in [-0.3, -0.25) is 9.59 Å². The Morgan fingerprint density at radius 1 is 0.964 bits per heavy atom. The first-order chi connectivity index (χ1) is 13.2. The fraction of sp³-hybridized carbons (Fsp3) is 0.158. The number of benzene rings is 2. The Balaban J connectivity index is 2.05. The third-order valence-corrected chi connectivity index (χ3v) is 6.50. The number of nitrogen functional groups attached to an aromatic ring is 1. The Hall–Kier alpha value is -2.35. The van der Waals surface area contributed by atoms with Crippen molar-refractivity contribution in [1.82, 2.24) is 4.31 Å². The van der Waals surface area contributed by atoms with Crippen molar-refractivity contribution in [2.45, 2.75) is 17.7 Å². The zero-order valence-electron chi connectivity index (χ0n) is 14.6. The second-order valence-corrected chi connectivity index (χ2v) is 8.99. The van der Waals surface area contributed by atoms with Gasteiger partial charge in [-0.1, -0.05) is 23.2 Å². The lowest BCUT2D eigenvalue weighted by molar-refractivity contribution is -0.126. The number of hydrogen-bond donors (Lipinski definition) is 1. The van der Waals surface area contributed by atoms with Crippen LogP contribution in [0.4, 0.5) is 5.69 Å². The van der Waals surface area contributed by atoms with E-state index in [0.717, 1.165) is 0 Å². The van der Waals surface area contributed by atoms with Gasteiger partial charge in [-0.05, 0) is 60.5 Å². The van der Waals surface area contributed by atoms with Gasteiger partial charge >= 0.3 is 0 Å². The van der Waals surface area contributed by atoms with Crippen molar-refractivity contribution in [3.63, 3.8) is 0 Å². The van der Waals surface area contributed by atoms with Crippen molar-refractivity contribution in [2.75, 3.05) is 12.3 Å². The largest absolute Gasteiger partial charge is 0.398 e. The maximum atomic E-state index is 13.0. The van der Waals surface area contributed by atoms with E-state index in [-0.39, 0.29) is 29.1 Å². The maximum absolute atomic E-state index is 13.0. The molecule has 0 saturated carbocycles. The number of nitrogens with two attached hydrogens (primary N) is 1. The molecule has 2 aromatic carbocycles. The average Bonchev–Trinajstić information content (AvgIpc) is 2.79.